The van der Waals surface area contributed by atoms with E-state index in [1.807, 2.05) is 60.0 Å². The molecule has 132 valence electrons. The van der Waals surface area contributed by atoms with Gasteiger partial charge in [-0.25, -0.2) is 0 Å². The van der Waals surface area contributed by atoms with E-state index in [-0.39, 0.29) is 5.91 Å². The minimum absolute atomic E-state index is 0.295. The molecule has 5 heteroatoms. The molecule has 0 N–H and O–H groups in total. The monoisotopic (exact) mass is 364 g/mol. The zero-order valence-electron chi connectivity index (χ0n) is 14.6. The molecule has 0 bridgehead atoms. The van der Waals surface area contributed by atoms with Crippen LogP contribution in [-0.2, 0) is 11.3 Å². The molecule has 3 aromatic rings. The Labute approximate surface area is 156 Å². The van der Waals surface area contributed by atoms with Gasteiger partial charge in [0.25, 0.3) is 5.91 Å². The predicted octanol–water partition coefficient (Wildman–Crippen LogP) is 4.43. The highest BCUT2D eigenvalue weighted by molar-refractivity contribution is 7.16. The highest BCUT2D eigenvalue weighted by Crippen LogP contribution is 2.27. The minimum Gasteiger partial charge on any atom is -0.492 e. The van der Waals surface area contributed by atoms with Crippen LogP contribution in [0.25, 0.3) is 16.3 Å². The number of fused-ring (bicyclic) bond motifs is 1. The van der Waals surface area contributed by atoms with E-state index in [0.29, 0.717) is 18.0 Å². The second-order valence-corrected chi connectivity index (χ2v) is 6.52. The number of hydrogen-bond acceptors (Lipinski definition) is 3. The maximum atomic E-state index is 12.3. The van der Waals surface area contributed by atoms with Gasteiger partial charge >= 0.3 is 0 Å². The molecule has 0 fully saturated rings. The molecule has 4 nitrogen and oxygen atoms in total. The van der Waals surface area contributed by atoms with E-state index in [0.717, 1.165) is 21.5 Å². The maximum absolute atomic E-state index is 12.3. The number of carbonyl (C=O) groups excluding carboxylic acids is 1. The molecule has 1 amide bonds. The van der Waals surface area contributed by atoms with E-state index < -0.39 is 0 Å². The van der Waals surface area contributed by atoms with E-state index >= 15 is 0 Å². The number of thiazole rings is 1. The Morgan fingerprint density at radius 1 is 1.23 bits per heavy atom. The van der Waals surface area contributed by atoms with Crippen molar-refractivity contribution in [1.29, 1.82) is 0 Å². The molecular formula is C21H20N2O2S. The number of amides is 1. The zero-order chi connectivity index (χ0) is 18.4. The highest BCUT2D eigenvalue weighted by Gasteiger charge is 2.11. The van der Waals surface area contributed by atoms with Crippen LogP contribution < -0.4 is 9.54 Å². The molecule has 26 heavy (non-hydrogen) atoms. The molecule has 0 aliphatic heterocycles. The van der Waals surface area contributed by atoms with Gasteiger partial charge in [-0.05, 0) is 30.7 Å². The topological polar surface area (TPSA) is 43.6 Å². The molecule has 0 radical (unpaired) electrons. The van der Waals surface area contributed by atoms with E-state index in [9.17, 15) is 4.79 Å². The molecular weight excluding hydrogens is 344 g/mol. The molecule has 1 heterocycles. The Morgan fingerprint density at radius 3 is 2.77 bits per heavy atom. The number of hydrogen-bond donors (Lipinski definition) is 0. The fourth-order valence-corrected chi connectivity index (χ4v) is 3.68. The number of rotatable bonds is 6. The Kier molecular flexibility index (Phi) is 5.81. The van der Waals surface area contributed by atoms with Crippen molar-refractivity contribution in [1.82, 2.24) is 4.57 Å². The number of aromatic nitrogens is 1. The average molecular weight is 364 g/mol. The van der Waals surface area contributed by atoms with Crippen molar-refractivity contribution in [3.8, 4) is 5.75 Å². The van der Waals surface area contributed by atoms with Gasteiger partial charge in [-0.15, -0.1) is 6.58 Å². The summed E-state index contributed by atoms with van der Waals surface area (Å²) in [6.45, 7) is 6.90. The van der Waals surface area contributed by atoms with Crippen molar-refractivity contribution < 1.29 is 9.53 Å². The summed E-state index contributed by atoms with van der Waals surface area (Å²) in [4.78, 5) is 17.2. The summed E-state index contributed by atoms with van der Waals surface area (Å²) in [5.74, 6) is 0.494. The summed E-state index contributed by atoms with van der Waals surface area (Å²) >= 11 is 1.47. The van der Waals surface area contributed by atoms with Gasteiger partial charge in [-0.3, -0.25) is 4.79 Å². The minimum atomic E-state index is -0.295. The summed E-state index contributed by atoms with van der Waals surface area (Å²) in [5, 5.41) is 0. The van der Waals surface area contributed by atoms with Crippen molar-refractivity contribution in [2.24, 2.45) is 4.99 Å². The molecule has 0 spiro atoms. The molecule has 3 rings (SSSR count). The number of ether oxygens (including phenoxy) is 1. The van der Waals surface area contributed by atoms with Gasteiger partial charge in [0, 0.05) is 12.6 Å². The van der Waals surface area contributed by atoms with Gasteiger partial charge in [-0.2, -0.15) is 4.99 Å². The zero-order valence-corrected chi connectivity index (χ0v) is 15.4. The fraction of sp³-hybridized carbons (Fsp3) is 0.143. The lowest BCUT2D eigenvalue weighted by Crippen LogP contribution is -2.16. The molecule has 0 atom stereocenters. The second kappa shape index (κ2) is 8.45. The summed E-state index contributed by atoms with van der Waals surface area (Å²) < 4.78 is 8.73. The first-order valence-electron chi connectivity index (χ1n) is 8.40. The third-order valence-corrected chi connectivity index (χ3v) is 4.74. The number of allylic oxidation sites excluding steroid dienone is 1. The number of para-hydroxylation sites is 1. The summed E-state index contributed by atoms with van der Waals surface area (Å²) in [6, 6.07) is 15.6. The lowest BCUT2D eigenvalue weighted by Gasteiger charge is -2.07. The fourth-order valence-electron chi connectivity index (χ4n) is 2.62. The largest absolute Gasteiger partial charge is 0.492 e. The Morgan fingerprint density at radius 2 is 2.04 bits per heavy atom. The Bertz CT molecular complexity index is 1010. The quantitative estimate of drug-likeness (QED) is 0.480. The molecule has 0 unspecified atom stereocenters. The average Bonchev–Trinajstić information content (AvgIpc) is 3.00. The van der Waals surface area contributed by atoms with E-state index in [1.165, 1.54) is 17.4 Å². The number of carbonyl (C=O) groups is 1. The van der Waals surface area contributed by atoms with E-state index in [1.54, 1.807) is 12.2 Å². The number of benzene rings is 2. The van der Waals surface area contributed by atoms with Crippen LogP contribution >= 0.6 is 11.3 Å². The van der Waals surface area contributed by atoms with Crippen molar-refractivity contribution in [2.45, 2.75) is 13.5 Å². The Hall–Kier alpha value is -2.92. The normalized spacial score (nSPS) is 12.0. The van der Waals surface area contributed by atoms with Crippen molar-refractivity contribution >= 4 is 33.5 Å². The van der Waals surface area contributed by atoms with Crippen LogP contribution in [0.2, 0.25) is 0 Å². The van der Waals surface area contributed by atoms with E-state index in [4.69, 9.17) is 4.74 Å². The van der Waals surface area contributed by atoms with Crippen LogP contribution in [0.4, 0.5) is 0 Å². The highest BCUT2D eigenvalue weighted by atomic mass is 32.1. The summed E-state index contributed by atoms with van der Waals surface area (Å²) in [6.07, 6.45) is 5.04. The van der Waals surface area contributed by atoms with Crippen molar-refractivity contribution in [3.63, 3.8) is 0 Å². The SMILES string of the molecule is C=CCn1c(=NC(=O)/C=C/c2ccccc2)sc2cccc(OCC)c21. The summed E-state index contributed by atoms with van der Waals surface area (Å²) in [7, 11) is 0. The third-order valence-electron chi connectivity index (χ3n) is 3.70. The van der Waals surface area contributed by atoms with Crippen LogP contribution in [-0.4, -0.2) is 17.1 Å². The first kappa shape index (κ1) is 17.9. The maximum Gasteiger partial charge on any atom is 0.272 e. The Balaban J connectivity index is 2.03. The summed E-state index contributed by atoms with van der Waals surface area (Å²) in [5.41, 5.74) is 1.91. The van der Waals surface area contributed by atoms with Gasteiger partial charge in [0.05, 0.1) is 11.3 Å². The van der Waals surface area contributed by atoms with Crippen LogP contribution in [0.1, 0.15) is 12.5 Å². The van der Waals surface area contributed by atoms with Gasteiger partial charge in [0.1, 0.15) is 11.3 Å². The van der Waals surface area contributed by atoms with Gasteiger partial charge in [0.2, 0.25) is 0 Å². The molecule has 1 aromatic heterocycles. The molecule has 0 saturated heterocycles. The second-order valence-electron chi connectivity index (χ2n) is 5.51. The van der Waals surface area contributed by atoms with Gasteiger partial charge in [0.15, 0.2) is 4.80 Å². The van der Waals surface area contributed by atoms with Gasteiger partial charge in [-0.1, -0.05) is 53.8 Å². The van der Waals surface area contributed by atoms with Crippen LogP contribution in [0, 0.1) is 0 Å². The molecule has 0 aliphatic rings. The third kappa shape index (κ3) is 4.00. The van der Waals surface area contributed by atoms with Crippen molar-refractivity contribution in [2.75, 3.05) is 6.61 Å². The van der Waals surface area contributed by atoms with Crippen LogP contribution in [0.5, 0.6) is 5.75 Å². The van der Waals surface area contributed by atoms with Crippen LogP contribution in [0.15, 0.2) is 72.3 Å². The van der Waals surface area contributed by atoms with Gasteiger partial charge < -0.3 is 9.30 Å². The molecule has 0 saturated carbocycles. The smallest absolute Gasteiger partial charge is 0.272 e. The van der Waals surface area contributed by atoms with E-state index in [2.05, 4.69) is 11.6 Å². The molecule has 2 aromatic carbocycles. The molecule has 0 aliphatic carbocycles. The number of nitrogens with zero attached hydrogens (tertiary/aromatic N) is 2. The van der Waals surface area contributed by atoms with Crippen LogP contribution in [0.3, 0.4) is 0 Å². The predicted molar refractivity (Wildman–Crippen MR) is 107 cm³/mol. The van der Waals surface area contributed by atoms with Crippen molar-refractivity contribution in [3.05, 3.63) is 77.6 Å². The lowest BCUT2D eigenvalue weighted by molar-refractivity contribution is -0.113. The standard InChI is InChI=1S/C21H20N2O2S/c1-3-15-23-20-17(25-4-2)11-8-12-18(20)26-21(23)22-19(24)14-13-16-9-6-5-7-10-16/h3,5-14H,1,4,15H2,2H3/b14-13+,22-21?. The lowest BCUT2D eigenvalue weighted by atomic mass is 10.2. The first-order chi connectivity index (χ1) is 12.7. The first-order valence-corrected chi connectivity index (χ1v) is 9.22.